The molecule has 0 unspecified atom stereocenters. The monoisotopic (exact) mass is 343 g/mol. The maximum Gasteiger partial charge on any atom is 0.269 e. The maximum absolute atomic E-state index is 13.6. The van der Waals surface area contributed by atoms with Crippen LogP contribution in [0.2, 0.25) is 0 Å². The number of nitrogens with zero attached hydrogens (tertiary/aromatic N) is 1. The Balaban J connectivity index is 1.76. The lowest BCUT2D eigenvalue weighted by atomic mass is 10.1. The number of benzene rings is 1. The van der Waals surface area contributed by atoms with Crippen molar-refractivity contribution in [1.29, 1.82) is 0 Å². The number of amides is 1. The summed E-state index contributed by atoms with van der Waals surface area (Å²) in [6, 6.07) is 9.31. The number of aromatic nitrogens is 2. The average molecular weight is 343 g/mol. The third kappa shape index (κ3) is 4.06. The molecule has 3 aromatic rings. The molecule has 0 aliphatic heterocycles. The first-order valence-corrected chi connectivity index (χ1v) is 7.96. The number of halogens is 1. The second kappa shape index (κ2) is 7.65. The van der Waals surface area contributed by atoms with Crippen LogP contribution < -0.4 is 10.1 Å². The van der Waals surface area contributed by atoms with Crippen LogP contribution in [-0.4, -0.2) is 22.7 Å². The molecular formula is C18H18FN3O3. The van der Waals surface area contributed by atoms with Gasteiger partial charge in [0.05, 0.1) is 25.1 Å². The fourth-order valence-corrected chi connectivity index (χ4v) is 2.29. The van der Waals surface area contributed by atoms with E-state index in [1.54, 1.807) is 24.3 Å². The van der Waals surface area contributed by atoms with Crippen LogP contribution in [-0.2, 0) is 6.54 Å². The summed E-state index contributed by atoms with van der Waals surface area (Å²) in [5.41, 5.74) is 1.20. The van der Waals surface area contributed by atoms with Gasteiger partial charge in [-0.15, -0.1) is 0 Å². The molecule has 2 N–H and O–H groups in total. The second-order valence-electron chi connectivity index (χ2n) is 5.42. The molecule has 0 bridgehead atoms. The van der Waals surface area contributed by atoms with Crippen molar-refractivity contribution in [2.24, 2.45) is 0 Å². The molecule has 0 spiro atoms. The van der Waals surface area contributed by atoms with Gasteiger partial charge in [-0.3, -0.25) is 9.89 Å². The van der Waals surface area contributed by atoms with Crippen molar-refractivity contribution >= 4 is 5.91 Å². The Labute approximate surface area is 144 Å². The van der Waals surface area contributed by atoms with Crippen molar-refractivity contribution in [3.63, 3.8) is 0 Å². The van der Waals surface area contributed by atoms with Crippen LogP contribution in [0.1, 0.15) is 29.6 Å². The Hall–Kier alpha value is -3.09. The first kappa shape index (κ1) is 16.8. The van der Waals surface area contributed by atoms with Crippen molar-refractivity contribution in [1.82, 2.24) is 15.5 Å². The summed E-state index contributed by atoms with van der Waals surface area (Å²) < 4.78 is 24.4. The molecular weight excluding hydrogens is 325 g/mol. The van der Waals surface area contributed by atoms with Crippen molar-refractivity contribution < 1.29 is 18.3 Å². The first-order chi connectivity index (χ1) is 12.2. The molecule has 7 heteroatoms. The highest BCUT2D eigenvalue weighted by Crippen LogP contribution is 2.30. The van der Waals surface area contributed by atoms with Crippen LogP contribution in [0.25, 0.3) is 11.3 Å². The van der Waals surface area contributed by atoms with E-state index >= 15 is 0 Å². The van der Waals surface area contributed by atoms with Crippen molar-refractivity contribution in [2.45, 2.75) is 19.9 Å². The summed E-state index contributed by atoms with van der Waals surface area (Å²) >= 11 is 0. The molecule has 0 saturated heterocycles. The number of hydrogen-bond acceptors (Lipinski definition) is 4. The topological polar surface area (TPSA) is 80.1 Å². The number of rotatable bonds is 7. The Morgan fingerprint density at radius 1 is 1.36 bits per heavy atom. The van der Waals surface area contributed by atoms with Crippen LogP contribution in [0.15, 0.2) is 47.1 Å². The van der Waals surface area contributed by atoms with Gasteiger partial charge in [-0.2, -0.15) is 5.10 Å². The maximum atomic E-state index is 13.6. The number of carbonyl (C=O) groups excluding carboxylic acids is 1. The van der Waals surface area contributed by atoms with E-state index < -0.39 is 5.82 Å². The lowest BCUT2D eigenvalue weighted by Crippen LogP contribution is -2.22. The molecule has 0 fully saturated rings. The van der Waals surface area contributed by atoms with Gasteiger partial charge < -0.3 is 14.5 Å². The lowest BCUT2D eigenvalue weighted by molar-refractivity contribution is 0.0943. The molecule has 1 aromatic carbocycles. The highest BCUT2D eigenvalue weighted by Gasteiger charge is 2.15. The average Bonchev–Trinajstić information content (AvgIpc) is 3.30. The molecule has 25 heavy (non-hydrogen) atoms. The molecule has 2 heterocycles. The third-order valence-corrected chi connectivity index (χ3v) is 3.51. The smallest absolute Gasteiger partial charge is 0.269 e. The summed E-state index contributed by atoms with van der Waals surface area (Å²) in [4.78, 5) is 12.2. The highest BCUT2D eigenvalue weighted by molar-refractivity contribution is 5.93. The normalized spacial score (nSPS) is 10.6. The molecule has 0 aliphatic carbocycles. The van der Waals surface area contributed by atoms with Gasteiger partial charge in [0, 0.05) is 5.56 Å². The number of H-pyrrole nitrogens is 1. The van der Waals surface area contributed by atoms with Crippen LogP contribution in [0, 0.1) is 5.82 Å². The van der Waals surface area contributed by atoms with E-state index in [1.807, 2.05) is 6.92 Å². The highest BCUT2D eigenvalue weighted by atomic mass is 19.1. The van der Waals surface area contributed by atoms with E-state index in [4.69, 9.17) is 9.15 Å². The van der Waals surface area contributed by atoms with Crippen LogP contribution in [0.5, 0.6) is 5.75 Å². The Kier molecular flexibility index (Phi) is 5.13. The van der Waals surface area contributed by atoms with Gasteiger partial charge in [0.2, 0.25) is 0 Å². The minimum Gasteiger partial charge on any atom is -0.493 e. The molecule has 130 valence electrons. The zero-order valence-electron chi connectivity index (χ0n) is 13.7. The summed E-state index contributed by atoms with van der Waals surface area (Å²) in [6.07, 6.45) is 2.37. The minimum atomic E-state index is -0.398. The van der Waals surface area contributed by atoms with E-state index in [2.05, 4.69) is 15.5 Å². The summed E-state index contributed by atoms with van der Waals surface area (Å²) in [5, 5.41) is 9.49. The van der Waals surface area contributed by atoms with Gasteiger partial charge >= 0.3 is 0 Å². The number of aromatic amines is 1. The van der Waals surface area contributed by atoms with Crippen molar-refractivity contribution in [2.75, 3.05) is 6.61 Å². The molecule has 3 rings (SSSR count). The molecule has 0 radical (unpaired) electrons. The van der Waals surface area contributed by atoms with Gasteiger partial charge in [-0.1, -0.05) is 6.92 Å². The third-order valence-electron chi connectivity index (χ3n) is 3.51. The Morgan fingerprint density at radius 3 is 3.00 bits per heavy atom. The molecule has 0 aliphatic rings. The van der Waals surface area contributed by atoms with Gasteiger partial charge in [-0.05, 0) is 42.8 Å². The first-order valence-electron chi connectivity index (χ1n) is 7.96. The van der Waals surface area contributed by atoms with E-state index in [9.17, 15) is 9.18 Å². The van der Waals surface area contributed by atoms with Crippen LogP contribution >= 0.6 is 0 Å². The van der Waals surface area contributed by atoms with E-state index in [0.717, 1.165) is 6.42 Å². The van der Waals surface area contributed by atoms with Gasteiger partial charge in [0.1, 0.15) is 23.0 Å². The second-order valence-corrected chi connectivity index (χ2v) is 5.42. The number of hydrogen-bond donors (Lipinski definition) is 2. The van der Waals surface area contributed by atoms with E-state index in [0.29, 0.717) is 29.4 Å². The standard InChI is InChI=1S/C18H18FN3O3/c1-2-7-25-17-6-5-12(19)9-14(17)15-10-16(22-21-15)18(23)20-11-13-4-3-8-24-13/h3-6,8-10H,2,7,11H2,1H3,(H,20,23)(H,21,22). The van der Waals surface area contributed by atoms with Gasteiger partial charge in [0.15, 0.2) is 0 Å². The van der Waals surface area contributed by atoms with E-state index in [1.165, 1.54) is 18.4 Å². The Bertz CT molecular complexity index is 843. The lowest BCUT2D eigenvalue weighted by Gasteiger charge is -2.09. The van der Waals surface area contributed by atoms with Crippen LogP contribution in [0.4, 0.5) is 4.39 Å². The molecule has 6 nitrogen and oxygen atoms in total. The summed E-state index contributed by atoms with van der Waals surface area (Å²) in [7, 11) is 0. The number of carbonyl (C=O) groups is 1. The number of ether oxygens (including phenoxy) is 1. The van der Waals surface area contributed by atoms with E-state index in [-0.39, 0.29) is 18.1 Å². The molecule has 0 atom stereocenters. The molecule has 0 saturated carbocycles. The Morgan fingerprint density at radius 2 is 2.24 bits per heavy atom. The predicted molar refractivity (Wildman–Crippen MR) is 89.6 cm³/mol. The number of nitrogens with one attached hydrogen (secondary N) is 2. The fraction of sp³-hybridized carbons (Fsp3) is 0.222. The van der Waals surface area contributed by atoms with Crippen molar-refractivity contribution in [3.8, 4) is 17.0 Å². The number of furan rings is 1. The van der Waals surface area contributed by atoms with Gasteiger partial charge in [0.25, 0.3) is 5.91 Å². The minimum absolute atomic E-state index is 0.269. The molecule has 2 aromatic heterocycles. The van der Waals surface area contributed by atoms with Crippen molar-refractivity contribution in [3.05, 3.63) is 59.9 Å². The summed E-state index contributed by atoms with van der Waals surface area (Å²) in [6.45, 7) is 2.77. The van der Waals surface area contributed by atoms with Gasteiger partial charge in [-0.25, -0.2) is 4.39 Å². The predicted octanol–water partition coefficient (Wildman–Crippen LogP) is 3.53. The zero-order valence-corrected chi connectivity index (χ0v) is 13.7. The quantitative estimate of drug-likeness (QED) is 0.688. The summed E-state index contributed by atoms with van der Waals surface area (Å²) in [5.74, 6) is 0.444. The molecule has 1 amide bonds. The zero-order chi connectivity index (χ0) is 17.6. The largest absolute Gasteiger partial charge is 0.493 e. The SMILES string of the molecule is CCCOc1ccc(F)cc1-c1cc(C(=O)NCc2ccco2)[nH]n1. The van der Waals surface area contributed by atoms with Crippen LogP contribution in [0.3, 0.4) is 0 Å². The fourth-order valence-electron chi connectivity index (χ4n) is 2.29.